The molecule has 0 unspecified atom stereocenters. The van der Waals surface area contributed by atoms with E-state index in [0.717, 1.165) is 10.6 Å². The summed E-state index contributed by atoms with van der Waals surface area (Å²) >= 11 is 1.32. The summed E-state index contributed by atoms with van der Waals surface area (Å²) in [6.07, 6.45) is 0.646. The van der Waals surface area contributed by atoms with Crippen LogP contribution >= 0.6 is 11.8 Å². The number of hydrogen-bond acceptors (Lipinski definition) is 5. The number of nitrogens with one attached hydrogen (secondary N) is 1. The van der Waals surface area contributed by atoms with Gasteiger partial charge in [0, 0.05) is 23.4 Å². The van der Waals surface area contributed by atoms with Gasteiger partial charge in [-0.15, -0.1) is 0 Å². The highest BCUT2D eigenvalue weighted by Crippen LogP contribution is 2.56. The Morgan fingerprint density at radius 1 is 1.17 bits per heavy atom. The maximum atomic E-state index is 12.9. The number of carbonyl (C=O) groups excluding carboxylic acids is 3. The quantitative estimate of drug-likeness (QED) is 0.756. The van der Waals surface area contributed by atoms with Gasteiger partial charge in [0.25, 0.3) is 5.91 Å². The zero-order valence-electron chi connectivity index (χ0n) is 16.3. The average molecular weight is 410 g/mol. The van der Waals surface area contributed by atoms with E-state index in [2.05, 4.69) is 19.2 Å². The minimum atomic E-state index is -1.11. The average Bonchev–Trinajstić information content (AvgIpc) is 3.22. The zero-order valence-corrected chi connectivity index (χ0v) is 17.1. The lowest BCUT2D eigenvalue weighted by Gasteiger charge is -2.28. The molecule has 150 valence electrons. The van der Waals surface area contributed by atoms with Gasteiger partial charge in [-0.2, -0.15) is 0 Å². The second-order valence-electron chi connectivity index (χ2n) is 7.48. The van der Waals surface area contributed by atoms with Crippen LogP contribution in [0.5, 0.6) is 0 Å². The van der Waals surface area contributed by atoms with E-state index < -0.39 is 23.4 Å². The molecule has 1 atom stereocenters. The molecule has 2 amide bonds. The summed E-state index contributed by atoms with van der Waals surface area (Å²) in [6, 6.07) is 15.0. The summed E-state index contributed by atoms with van der Waals surface area (Å²) in [4.78, 5) is 38.9. The summed E-state index contributed by atoms with van der Waals surface area (Å²) < 4.78 is 5.34. The van der Waals surface area contributed by atoms with Gasteiger partial charge >= 0.3 is 5.97 Å². The van der Waals surface area contributed by atoms with Crippen molar-refractivity contribution < 1.29 is 19.1 Å². The van der Waals surface area contributed by atoms with Crippen LogP contribution < -0.4 is 10.2 Å². The Kier molecular flexibility index (Phi) is 5.08. The number of thioether (sulfide) groups is 1. The first kappa shape index (κ1) is 19.5. The van der Waals surface area contributed by atoms with E-state index in [1.807, 2.05) is 48.5 Å². The van der Waals surface area contributed by atoms with Crippen molar-refractivity contribution in [2.45, 2.75) is 42.4 Å². The Bertz CT molecular complexity index is 973. The normalized spacial score (nSPS) is 19.8. The summed E-state index contributed by atoms with van der Waals surface area (Å²) in [7, 11) is 0. The molecule has 6 nitrogen and oxygen atoms in total. The predicted molar refractivity (Wildman–Crippen MR) is 112 cm³/mol. The molecular formula is C22H22N2O4S. The fourth-order valence-corrected chi connectivity index (χ4v) is 5.08. The second kappa shape index (κ2) is 7.55. The number of ether oxygens (including phenoxy) is 1. The monoisotopic (exact) mass is 410 g/mol. The third-order valence-electron chi connectivity index (χ3n) is 5.19. The van der Waals surface area contributed by atoms with E-state index in [0.29, 0.717) is 18.0 Å². The molecule has 7 heteroatoms. The van der Waals surface area contributed by atoms with Crippen LogP contribution in [0.2, 0.25) is 0 Å². The van der Waals surface area contributed by atoms with Crippen LogP contribution in [0.4, 0.5) is 11.4 Å². The van der Waals surface area contributed by atoms with Gasteiger partial charge in [0.1, 0.15) is 0 Å². The standard InChI is InChI=1S/C22H22N2O4S/c1-14(2)15-7-9-16(10-8-15)23-19(25)13-28-21(27)22-12-11-20(26)24(22)17-5-3-4-6-18(17)29-22/h3-10,14H,11-13H2,1-2H3,(H,23,25)/t22-/m1/s1. The van der Waals surface area contributed by atoms with Gasteiger partial charge in [-0.25, -0.2) is 4.79 Å². The molecule has 4 rings (SSSR count). The van der Waals surface area contributed by atoms with Gasteiger partial charge in [0.05, 0.1) is 5.69 Å². The van der Waals surface area contributed by atoms with E-state index in [9.17, 15) is 14.4 Å². The number of rotatable bonds is 5. The first-order valence-electron chi connectivity index (χ1n) is 9.59. The Morgan fingerprint density at radius 3 is 2.62 bits per heavy atom. The highest BCUT2D eigenvalue weighted by atomic mass is 32.2. The topological polar surface area (TPSA) is 75.7 Å². The SMILES string of the molecule is CC(C)c1ccc(NC(=O)COC(=O)[C@]23CCC(=O)N2c2ccccc2S3)cc1. The summed E-state index contributed by atoms with van der Waals surface area (Å²) in [5.74, 6) is -0.669. The molecule has 0 saturated carbocycles. The van der Waals surface area contributed by atoms with Crippen LogP contribution in [0.3, 0.4) is 0 Å². The van der Waals surface area contributed by atoms with Crippen molar-refractivity contribution in [3.8, 4) is 0 Å². The molecule has 1 N–H and O–H groups in total. The number of esters is 1. The van der Waals surface area contributed by atoms with E-state index >= 15 is 0 Å². The van der Waals surface area contributed by atoms with Crippen LogP contribution in [-0.4, -0.2) is 29.3 Å². The lowest BCUT2D eigenvalue weighted by Crippen LogP contribution is -2.48. The molecule has 1 fully saturated rings. The second-order valence-corrected chi connectivity index (χ2v) is 8.80. The van der Waals surface area contributed by atoms with Crippen LogP contribution in [0.1, 0.15) is 38.2 Å². The molecule has 2 aliphatic heterocycles. The largest absolute Gasteiger partial charge is 0.453 e. The molecule has 0 radical (unpaired) electrons. The Morgan fingerprint density at radius 2 is 1.90 bits per heavy atom. The third-order valence-corrected chi connectivity index (χ3v) is 6.64. The molecule has 29 heavy (non-hydrogen) atoms. The van der Waals surface area contributed by atoms with E-state index in [-0.39, 0.29) is 12.3 Å². The maximum Gasteiger partial charge on any atom is 0.344 e. The molecule has 1 saturated heterocycles. The van der Waals surface area contributed by atoms with Crippen molar-refractivity contribution in [3.05, 3.63) is 54.1 Å². The molecule has 0 spiro atoms. The van der Waals surface area contributed by atoms with E-state index in [1.165, 1.54) is 22.2 Å². The lowest BCUT2D eigenvalue weighted by atomic mass is 10.0. The van der Waals surface area contributed by atoms with Crippen molar-refractivity contribution in [1.29, 1.82) is 0 Å². The number of amides is 2. The van der Waals surface area contributed by atoms with Gasteiger partial charge in [-0.3, -0.25) is 14.5 Å². The van der Waals surface area contributed by atoms with E-state index in [4.69, 9.17) is 4.74 Å². The highest BCUT2D eigenvalue weighted by Gasteiger charge is 2.58. The van der Waals surface area contributed by atoms with Gasteiger partial charge in [-0.1, -0.05) is 49.9 Å². The third kappa shape index (κ3) is 3.51. The first-order chi connectivity index (χ1) is 13.9. The van der Waals surface area contributed by atoms with Crippen LogP contribution in [-0.2, 0) is 19.1 Å². The number of hydrogen-bond donors (Lipinski definition) is 1. The highest BCUT2D eigenvalue weighted by molar-refractivity contribution is 8.02. The first-order valence-corrected chi connectivity index (χ1v) is 10.4. The number of anilines is 2. The van der Waals surface area contributed by atoms with Gasteiger partial charge < -0.3 is 10.1 Å². The molecular weight excluding hydrogens is 388 g/mol. The number of nitrogens with zero attached hydrogens (tertiary/aromatic N) is 1. The van der Waals surface area contributed by atoms with Crippen molar-refractivity contribution in [2.24, 2.45) is 0 Å². The molecule has 0 aromatic heterocycles. The zero-order chi connectivity index (χ0) is 20.6. The van der Waals surface area contributed by atoms with Crippen molar-refractivity contribution >= 4 is 40.9 Å². The predicted octanol–water partition coefficient (Wildman–Crippen LogP) is 3.92. The minimum Gasteiger partial charge on any atom is -0.453 e. The molecule has 2 aliphatic rings. The Balaban J connectivity index is 1.41. The number of carbonyl (C=O) groups is 3. The molecule has 2 aromatic rings. The minimum absolute atomic E-state index is 0.103. The van der Waals surface area contributed by atoms with Crippen LogP contribution in [0, 0.1) is 0 Å². The van der Waals surface area contributed by atoms with Gasteiger partial charge in [-0.05, 0) is 35.7 Å². The lowest BCUT2D eigenvalue weighted by molar-refractivity contribution is -0.149. The van der Waals surface area contributed by atoms with Crippen molar-refractivity contribution in [1.82, 2.24) is 0 Å². The summed E-state index contributed by atoms with van der Waals surface area (Å²) in [6.45, 7) is 3.80. The van der Waals surface area contributed by atoms with E-state index in [1.54, 1.807) is 0 Å². The van der Waals surface area contributed by atoms with Crippen LogP contribution in [0.15, 0.2) is 53.4 Å². The summed E-state index contributed by atoms with van der Waals surface area (Å²) in [5.41, 5.74) is 2.55. The molecule has 0 bridgehead atoms. The van der Waals surface area contributed by atoms with Crippen LogP contribution in [0.25, 0.3) is 0 Å². The van der Waals surface area contributed by atoms with Gasteiger partial charge in [0.2, 0.25) is 5.91 Å². The molecule has 2 heterocycles. The Hall–Kier alpha value is -2.80. The Labute approximate surface area is 173 Å². The maximum absolute atomic E-state index is 12.9. The summed E-state index contributed by atoms with van der Waals surface area (Å²) in [5, 5.41) is 2.73. The number of fused-ring (bicyclic) bond motifs is 3. The fraction of sp³-hybridized carbons (Fsp3) is 0.318. The smallest absolute Gasteiger partial charge is 0.344 e. The molecule has 2 aromatic carbocycles. The van der Waals surface area contributed by atoms with Gasteiger partial charge in [0.15, 0.2) is 11.5 Å². The number of para-hydroxylation sites is 1. The fourth-order valence-electron chi connectivity index (χ4n) is 3.66. The number of benzene rings is 2. The van der Waals surface area contributed by atoms with Crippen molar-refractivity contribution in [2.75, 3.05) is 16.8 Å². The molecule has 0 aliphatic carbocycles. The van der Waals surface area contributed by atoms with Crippen molar-refractivity contribution in [3.63, 3.8) is 0 Å².